The van der Waals surface area contributed by atoms with Crippen molar-refractivity contribution < 1.29 is 9.90 Å². The number of rotatable bonds is 2. The summed E-state index contributed by atoms with van der Waals surface area (Å²) in [6.45, 7) is 0. The first kappa shape index (κ1) is 11.9. The van der Waals surface area contributed by atoms with Crippen molar-refractivity contribution in [3.8, 4) is 11.4 Å². The fourth-order valence-electron chi connectivity index (χ4n) is 2.43. The molecule has 0 aliphatic carbocycles. The Bertz CT molecular complexity index is 635. The average molecular weight is 258 g/mol. The largest absolute Gasteiger partial charge is 0.478 e. The fraction of sp³-hybridized carbons (Fsp3) is 0.308. The van der Waals surface area contributed by atoms with Gasteiger partial charge in [-0.15, -0.1) is 10.2 Å². The number of carbonyl (C=O) groups is 1. The van der Waals surface area contributed by atoms with Crippen LogP contribution in [0.15, 0.2) is 24.3 Å². The van der Waals surface area contributed by atoms with E-state index in [1.807, 2.05) is 10.6 Å². The van der Waals surface area contributed by atoms with Crippen LogP contribution in [0.5, 0.6) is 0 Å². The van der Waals surface area contributed by atoms with E-state index in [1.54, 1.807) is 18.2 Å². The van der Waals surface area contributed by atoms with Gasteiger partial charge in [0.1, 0.15) is 5.82 Å². The summed E-state index contributed by atoms with van der Waals surface area (Å²) in [6.07, 6.45) is 2.62. The minimum atomic E-state index is -0.954. The fourth-order valence-corrected chi connectivity index (χ4v) is 2.43. The van der Waals surface area contributed by atoms with Crippen molar-refractivity contribution in [2.75, 3.05) is 0 Å². The van der Waals surface area contributed by atoms with Crippen molar-refractivity contribution in [3.05, 3.63) is 35.7 Å². The summed E-state index contributed by atoms with van der Waals surface area (Å²) >= 11 is 0. The van der Waals surface area contributed by atoms with Crippen LogP contribution in [0.4, 0.5) is 0 Å². The van der Waals surface area contributed by atoms with Crippen molar-refractivity contribution in [3.63, 3.8) is 0 Å². The highest BCUT2D eigenvalue weighted by Gasteiger charge is 2.22. The molecule has 1 aliphatic rings. The molecule has 0 fully saturated rings. The lowest BCUT2D eigenvalue weighted by Crippen LogP contribution is -2.25. The van der Waals surface area contributed by atoms with Crippen molar-refractivity contribution in [2.24, 2.45) is 5.73 Å². The number of aryl methyl sites for hydroxylation is 1. The number of benzene rings is 1. The molecule has 19 heavy (non-hydrogen) atoms. The van der Waals surface area contributed by atoms with Gasteiger partial charge < -0.3 is 10.8 Å². The van der Waals surface area contributed by atoms with E-state index in [-0.39, 0.29) is 11.7 Å². The van der Waals surface area contributed by atoms with E-state index in [4.69, 9.17) is 10.8 Å². The molecule has 0 bridgehead atoms. The molecule has 3 N–H and O–H groups in total. The highest BCUT2D eigenvalue weighted by atomic mass is 16.4. The molecule has 0 saturated carbocycles. The van der Waals surface area contributed by atoms with E-state index >= 15 is 0 Å². The Morgan fingerprint density at radius 2 is 2.26 bits per heavy atom. The van der Waals surface area contributed by atoms with Crippen LogP contribution < -0.4 is 5.73 Å². The summed E-state index contributed by atoms with van der Waals surface area (Å²) in [7, 11) is 0. The molecule has 3 rings (SSSR count). The minimum Gasteiger partial charge on any atom is -0.478 e. The van der Waals surface area contributed by atoms with Gasteiger partial charge in [0.15, 0.2) is 5.82 Å². The Balaban J connectivity index is 2.10. The van der Waals surface area contributed by atoms with Gasteiger partial charge >= 0.3 is 5.97 Å². The molecule has 1 aliphatic heterocycles. The molecular weight excluding hydrogens is 244 g/mol. The second-order valence-corrected chi connectivity index (χ2v) is 4.66. The zero-order valence-electron chi connectivity index (χ0n) is 10.3. The van der Waals surface area contributed by atoms with Crippen LogP contribution in [-0.2, 0) is 6.42 Å². The quantitative estimate of drug-likeness (QED) is 0.850. The molecule has 6 nitrogen and oxygen atoms in total. The molecule has 1 aromatic carbocycles. The van der Waals surface area contributed by atoms with Crippen LogP contribution in [0.25, 0.3) is 11.4 Å². The Labute approximate surface area is 109 Å². The highest BCUT2D eigenvalue weighted by molar-refractivity contribution is 5.89. The lowest BCUT2D eigenvalue weighted by Gasteiger charge is -2.22. The lowest BCUT2D eigenvalue weighted by molar-refractivity contribution is 0.0697. The third-order valence-corrected chi connectivity index (χ3v) is 3.37. The van der Waals surface area contributed by atoms with Gasteiger partial charge in [-0.3, -0.25) is 4.57 Å². The van der Waals surface area contributed by atoms with E-state index in [1.165, 1.54) is 0 Å². The molecule has 1 atom stereocenters. The second-order valence-electron chi connectivity index (χ2n) is 4.66. The van der Waals surface area contributed by atoms with Crippen LogP contribution in [0, 0.1) is 0 Å². The van der Waals surface area contributed by atoms with Gasteiger partial charge in [0, 0.05) is 12.0 Å². The summed E-state index contributed by atoms with van der Waals surface area (Å²) < 4.78 is 1.91. The molecule has 1 unspecified atom stereocenters. The predicted molar refractivity (Wildman–Crippen MR) is 68.6 cm³/mol. The van der Waals surface area contributed by atoms with Crippen molar-refractivity contribution in [1.82, 2.24) is 14.8 Å². The van der Waals surface area contributed by atoms with E-state index in [0.717, 1.165) is 30.7 Å². The number of nitrogens with two attached hydrogens (primary N) is 1. The van der Waals surface area contributed by atoms with Crippen LogP contribution >= 0.6 is 0 Å². The Kier molecular flexibility index (Phi) is 2.79. The van der Waals surface area contributed by atoms with Crippen molar-refractivity contribution in [2.45, 2.75) is 25.4 Å². The molecule has 0 radical (unpaired) electrons. The van der Waals surface area contributed by atoms with Gasteiger partial charge in [0.25, 0.3) is 0 Å². The molecular formula is C13H14N4O2. The molecule has 2 heterocycles. The average Bonchev–Trinajstić information content (AvgIpc) is 2.84. The molecule has 0 amide bonds. The van der Waals surface area contributed by atoms with Gasteiger partial charge in [-0.1, -0.05) is 12.1 Å². The molecule has 1 aromatic heterocycles. The summed E-state index contributed by atoms with van der Waals surface area (Å²) in [4.78, 5) is 11.0. The third kappa shape index (κ3) is 2.00. The molecule has 6 heteroatoms. The summed E-state index contributed by atoms with van der Waals surface area (Å²) in [5, 5.41) is 17.3. The van der Waals surface area contributed by atoms with E-state index < -0.39 is 5.97 Å². The summed E-state index contributed by atoms with van der Waals surface area (Å²) in [5.74, 6) is 0.560. The van der Waals surface area contributed by atoms with Crippen molar-refractivity contribution in [1.29, 1.82) is 0 Å². The number of aromatic carboxylic acids is 1. The first-order valence-electron chi connectivity index (χ1n) is 6.20. The van der Waals surface area contributed by atoms with Crippen LogP contribution in [0.1, 0.15) is 35.2 Å². The van der Waals surface area contributed by atoms with Gasteiger partial charge in [0.2, 0.25) is 0 Å². The Hall–Kier alpha value is -2.21. The predicted octanol–water partition coefficient (Wildman–Crippen LogP) is 1.44. The molecule has 0 saturated heterocycles. The summed E-state index contributed by atoms with van der Waals surface area (Å²) in [5.41, 5.74) is 7.06. The Morgan fingerprint density at radius 3 is 3.05 bits per heavy atom. The SMILES string of the molecule is NC1CCCc2nnc(-c3cccc(C(=O)O)c3)n21. The topological polar surface area (TPSA) is 94.0 Å². The van der Waals surface area contributed by atoms with Gasteiger partial charge in [-0.25, -0.2) is 4.79 Å². The number of carboxylic acids is 1. The van der Waals surface area contributed by atoms with Crippen LogP contribution in [0.2, 0.25) is 0 Å². The minimum absolute atomic E-state index is 0.137. The number of hydrogen-bond acceptors (Lipinski definition) is 4. The first-order chi connectivity index (χ1) is 9.16. The molecule has 98 valence electrons. The number of nitrogens with zero attached hydrogens (tertiary/aromatic N) is 3. The number of aromatic nitrogens is 3. The summed E-state index contributed by atoms with van der Waals surface area (Å²) in [6, 6.07) is 6.68. The van der Waals surface area contributed by atoms with E-state index in [2.05, 4.69) is 10.2 Å². The highest BCUT2D eigenvalue weighted by Crippen LogP contribution is 2.27. The maximum Gasteiger partial charge on any atom is 0.335 e. The zero-order chi connectivity index (χ0) is 13.4. The van der Waals surface area contributed by atoms with Crippen LogP contribution in [-0.4, -0.2) is 25.8 Å². The number of fused-ring (bicyclic) bond motifs is 1. The molecule has 0 spiro atoms. The van der Waals surface area contributed by atoms with E-state index in [9.17, 15) is 4.79 Å². The zero-order valence-corrected chi connectivity index (χ0v) is 10.3. The molecule has 2 aromatic rings. The standard InChI is InChI=1S/C13H14N4O2/c14-10-5-2-6-11-15-16-12(17(10)11)8-3-1-4-9(7-8)13(18)19/h1,3-4,7,10H,2,5-6,14H2,(H,18,19). The van der Waals surface area contributed by atoms with Gasteiger partial charge in [-0.2, -0.15) is 0 Å². The number of hydrogen-bond donors (Lipinski definition) is 2. The smallest absolute Gasteiger partial charge is 0.335 e. The third-order valence-electron chi connectivity index (χ3n) is 3.37. The maximum atomic E-state index is 11.0. The number of carboxylic acid groups (broad SMARTS) is 1. The second kappa shape index (κ2) is 4.47. The normalized spacial score (nSPS) is 18.1. The van der Waals surface area contributed by atoms with Crippen molar-refractivity contribution >= 4 is 5.97 Å². The first-order valence-corrected chi connectivity index (χ1v) is 6.20. The van der Waals surface area contributed by atoms with Crippen LogP contribution in [0.3, 0.4) is 0 Å². The van der Waals surface area contributed by atoms with Gasteiger partial charge in [-0.05, 0) is 25.0 Å². The lowest BCUT2D eigenvalue weighted by atomic mass is 10.1. The maximum absolute atomic E-state index is 11.0. The van der Waals surface area contributed by atoms with E-state index in [0.29, 0.717) is 5.82 Å². The monoisotopic (exact) mass is 258 g/mol. The van der Waals surface area contributed by atoms with Gasteiger partial charge in [0.05, 0.1) is 11.7 Å². The Morgan fingerprint density at radius 1 is 1.42 bits per heavy atom.